The molecule has 0 saturated heterocycles. The Labute approximate surface area is 91.6 Å². The Morgan fingerprint density at radius 1 is 1.20 bits per heavy atom. The first-order valence-electron chi connectivity index (χ1n) is 5.40. The number of hydrogen-bond donors (Lipinski definition) is 2. The smallest absolute Gasteiger partial charge is 0.118 e. The lowest BCUT2D eigenvalue weighted by Crippen LogP contribution is -2.20. The van der Waals surface area contributed by atoms with Gasteiger partial charge in [0.25, 0.3) is 0 Å². The molecule has 15 heavy (non-hydrogen) atoms. The van der Waals surface area contributed by atoms with Crippen molar-refractivity contribution in [1.82, 2.24) is 5.32 Å². The molecule has 1 aromatic carbocycles. The van der Waals surface area contributed by atoms with Crippen LogP contribution in [0.5, 0.6) is 5.75 Å². The molecule has 0 aliphatic rings. The molecule has 84 valence electrons. The lowest BCUT2D eigenvalue weighted by molar-refractivity contribution is 0.414. The van der Waals surface area contributed by atoms with Crippen LogP contribution in [-0.2, 0) is 6.42 Å². The van der Waals surface area contributed by atoms with Crippen LogP contribution in [0.15, 0.2) is 24.3 Å². The van der Waals surface area contributed by atoms with Gasteiger partial charge >= 0.3 is 0 Å². The molecule has 0 heterocycles. The summed E-state index contributed by atoms with van der Waals surface area (Å²) >= 11 is 0. The number of nitrogens with two attached hydrogens (primary N) is 1. The first kappa shape index (κ1) is 12.0. The normalized spacial score (nSPS) is 10.3. The highest BCUT2D eigenvalue weighted by molar-refractivity contribution is 5.27. The van der Waals surface area contributed by atoms with Crippen molar-refractivity contribution in [3.8, 4) is 5.75 Å². The van der Waals surface area contributed by atoms with E-state index in [4.69, 9.17) is 10.5 Å². The number of ether oxygens (including phenoxy) is 1. The van der Waals surface area contributed by atoms with Gasteiger partial charge in [0.15, 0.2) is 0 Å². The number of hydrogen-bond acceptors (Lipinski definition) is 3. The zero-order valence-corrected chi connectivity index (χ0v) is 9.33. The van der Waals surface area contributed by atoms with E-state index in [1.54, 1.807) is 7.11 Å². The van der Waals surface area contributed by atoms with Crippen LogP contribution in [0.1, 0.15) is 12.0 Å². The highest BCUT2D eigenvalue weighted by atomic mass is 16.5. The second-order valence-electron chi connectivity index (χ2n) is 3.49. The Morgan fingerprint density at radius 3 is 2.53 bits per heavy atom. The second-order valence-corrected chi connectivity index (χ2v) is 3.49. The first-order valence-corrected chi connectivity index (χ1v) is 5.40. The third-order valence-electron chi connectivity index (χ3n) is 2.31. The van der Waals surface area contributed by atoms with E-state index in [0.29, 0.717) is 0 Å². The molecule has 0 amide bonds. The van der Waals surface area contributed by atoms with Crippen LogP contribution >= 0.6 is 0 Å². The molecule has 1 rings (SSSR count). The lowest BCUT2D eigenvalue weighted by atomic mass is 10.1. The zero-order valence-electron chi connectivity index (χ0n) is 9.33. The summed E-state index contributed by atoms with van der Waals surface area (Å²) < 4.78 is 5.10. The number of methoxy groups -OCH3 is 1. The standard InChI is InChI=1S/C12H20N2O/c1-15-12-5-3-11(4-6-12)7-10-14-9-2-8-13/h3-6,14H,2,7-10,13H2,1H3. The molecule has 0 fully saturated rings. The largest absolute Gasteiger partial charge is 0.497 e. The Balaban J connectivity index is 2.20. The van der Waals surface area contributed by atoms with Gasteiger partial charge < -0.3 is 15.8 Å². The Morgan fingerprint density at radius 2 is 1.93 bits per heavy atom. The minimum atomic E-state index is 0.759. The minimum absolute atomic E-state index is 0.759. The molecule has 3 heteroatoms. The molecule has 0 radical (unpaired) electrons. The monoisotopic (exact) mass is 208 g/mol. The van der Waals surface area contributed by atoms with Gasteiger partial charge in [-0.2, -0.15) is 0 Å². The maximum absolute atomic E-state index is 5.40. The molecule has 0 bridgehead atoms. The lowest BCUT2D eigenvalue weighted by Gasteiger charge is -2.05. The number of nitrogens with one attached hydrogen (secondary N) is 1. The quantitative estimate of drug-likeness (QED) is 0.661. The highest BCUT2D eigenvalue weighted by Gasteiger charge is 1.94. The molecule has 0 saturated carbocycles. The molecule has 3 N–H and O–H groups in total. The Bertz CT molecular complexity index is 259. The molecule has 0 aliphatic carbocycles. The van der Waals surface area contributed by atoms with Gasteiger partial charge in [-0.3, -0.25) is 0 Å². The van der Waals surface area contributed by atoms with Crippen LogP contribution in [-0.4, -0.2) is 26.7 Å². The summed E-state index contributed by atoms with van der Waals surface area (Å²) in [6, 6.07) is 8.19. The minimum Gasteiger partial charge on any atom is -0.497 e. The van der Waals surface area contributed by atoms with E-state index in [1.165, 1.54) is 5.56 Å². The second kappa shape index (κ2) is 7.26. The molecular weight excluding hydrogens is 188 g/mol. The van der Waals surface area contributed by atoms with Gasteiger partial charge in [-0.05, 0) is 50.2 Å². The van der Waals surface area contributed by atoms with Crippen molar-refractivity contribution in [2.45, 2.75) is 12.8 Å². The molecule has 1 aromatic rings. The van der Waals surface area contributed by atoms with Crippen molar-refractivity contribution in [1.29, 1.82) is 0 Å². The first-order chi connectivity index (χ1) is 7.36. The van der Waals surface area contributed by atoms with E-state index in [-0.39, 0.29) is 0 Å². The van der Waals surface area contributed by atoms with Crippen LogP contribution in [0.3, 0.4) is 0 Å². The van der Waals surface area contributed by atoms with Crippen molar-refractivity contribution >= 4 is 0 Å². The Kier molecular flexibility index (Phi) is 5.81. The van der Waals surface area contributed by atoms with Crippen LogP contribution in [0.2, 0.25) is 0 Å². The van der Waals surface area contributed by atoms with Crippen LogP contribution in [0.4, 0.5) is 0 Å². The van der Waals surface area contributed by atoms with Crippen LogP contribution in [0, 0.1) is 0 Å². The SMILES string of the molecule is COc1ccc(CCNCCCN)cc1. The van der Waals surface area contributed by atoms with E-state index in [9.17, 15) is 0 Å². The van der Waals surface area contributed by atoms with E-state index in [0.717, 1.165) is 38.2 Å². The predicted octanol–water partition coefficient (Wildman–Crippen LogP) is 1.18. The third kappa shape index (κ3) is 4.81. The van der Waals surface area contributed by atoms with Gasteiger partial charge in [0.2, 0.25) is 0 Å². The maximum atomic E-state index is 5.40. The van der Waals surface area contributed by atoms with Gasteiger partial charge in [-0.1, -0.05) is 12.1 Å². The summed E-state index contributed by atoms with van der Waals surface area (Å²) in [4.78, 5) is 0. The van der Waals surface area contributed by atoms with Gasteiger partial charge in [0.05, 0.1) is 7.11 Å². The summed E-state index contributed by atoms with van der Waals surface area (Å²) in [5, 5.41) is 3.35. The molecule has 0 spiro atoms. The fraction of sp³-hybridized carbons (Fsp3) is 0.500. The number of rotatable bonds is 7. The molecular formula is C12H20N2O. The van der Waals surface area contributed by atoms with Gasteiger partial charge in [0, 0.05) is 0 Å². The summed E-state index contributed by atoms with van der Waals surface area (Å²) in [6.45, 7) is 2.77. The van der Waals surface area contributed by atoms with Gasteiger partial charge in [-0.15, -0.1) is 0 Å². The summed E-state index contributed by atoms with van der Waals surface area (Å²) in [6.07, 6.45) is 2.09. The van der Waals surface area contributed by atoms with Crippen molar-refractivity contribution in [3.05, 3.63) is 29.8 Å². The van der Waals surface area contributed by atoms with E-state index in [1.807, 2.05) is 12.1 Å². The summed E-state index contributed by atoms with van der Waals surface area (Å²) in [5.41, 5.74) is 6.73. The Hall–Kier alpha value is -1.06. The van der Waals surface area contributed by atoms with Gasteiger partial charge in [-0.25, -0.2) is 0 Å². The fourth-order valence-corrected chi connectivity index (χ4v) is 1.38. The van der Waals surface area contributed by atoms with E-state index >= 15 is 0 Å². The van der Waals surface area contributed by atoms with Crippen LogP contribution < -0.4 is 15.8 Å². The maximum Gasteiger partial charge on any atom is 0.118 e. The average Bonchev–Trinajstić information content (AvgIpc) is 2.30. The number of benzene rings is 1. The average molecular weight is 208 g/mol. The van der Waals surface area contributed by atoms with Crippen molar-refractivity contribution in [3.63, 3.8) is 0 Å². The third-order valence-corrected chi connectivity index (χ3v) is 2.31. The molecule has 0 aliphatic heterocycles. The van der Waals surface area contributed by atoms with E-state index in [2.05, 4.69) is 17.4 Å². The molecule has 0 unspecified atom stereocenters. The summed E-state index contributed by atoms with van der Waals surface area (Å²) in [5.74, 6) is 0.912. The van der Waals surface area contributed by atoms with Gasteiger partial charge in [0.1, 0.15) is 5.75 Å². The summed E-state index contributed by atoms with van der Waals surface area (Å²) in [7, 11) is 1.68. The van der Waals surface area contributed by atoms with Crippen molar-refractivity contribution < 1.29 is 4.74 Å². The highest BCUT2D eigenvalue weighted by Crippen LogP contribution is 2.11. The van der Waals surface area contributed by atoms with Crippen molar-refractivity contribution in [2.75, 3.05) is 26.7 Å². The van der Waals surface area contributed by atoms with E-state index < -0.39 is 0 Å². The molecule has 3 nitrogen and oxygen atoms in total. The molecule has 0 aromatic heterocycles. The topological polar surface area (TPSA) is 47.3 Å². The molecule has 0 atom stereocenters. The predicted molar refractivity (Wildman–Crippen MR) is 63.2 cm³/mol. The van der Waals surface area contributed by atoms with Crippen molar-refractivity contribution in [2.24, 2.45) is 5.73 Å². The fourth-order valence-electron chi connectivity index (χ4n) is 1.38. The zero-order chi connectivity index (χ0) is 10.9. The van der Waals surface area contributed by atoms with Crippen LogP contribution in [0.25, 0.3) is 0 Å².